The number of tetrazole rings is 1. The zero-order chi connectivity index (χ0) is 17.6. The molecule has 0 aliphatic heterocycles. The first kappa shape index (κ1) is 16.8. The van der Waals surface area contributed by atoms with Crippen LogP contribution in [0.15, 0.2) is 54.6 Å². The van der Waals surface area contributed by atoms with Gasteiger partial charge in [-0.1, -0.05) is 42.5 Å². The lowest BCUT2D eigenvalue weighted by Gasteiger charge is -2.17. The molecule has 0 spiro atoms. The van der Waals surface area contributed by atoms with E-state index in [1.54, 1.807) is 25.1 Å². The Balaban J connectivity index is 1.80. The molecule has 2 aromatic carbocycles. The summed E-state index contributed by atoms with van der Waals surface area (Å²) in [6.45, 7) is 1.62. The minimum atomic E-state index is -0.377. The SMILES string of the molecule is Cc1nnnn1-c1ccccc1C(=O)NC(CO)Cc1ccccc1. The van der Waals surface area contributed by atoms with Gasteiger partial charge in [-0.15, -0.1) is 5.10 Å². The van der Waals surface area contributed by atoms with Crippen molar-refractivity contribution in [1.82, 2.24) is 25.5 Å². The van der Waals surface area contributed by atoms with Crippen LogP contribution in [-0.4, -0.2) is 43.9 Å². The van der Waals surface area contributed by atoms with Gasteiger partial charge in [0.25, 0.3) is 5.91 Å². The first-order chi connectivity index (χ1) is 12.2. The first-order valence-corrected chi connectivity index (χ1v) is 7.99. The molecule has 0 saturated carbocycles. The molecule has 1 amide bonds. The van der Waals surface area contributed by atoms with Crippen molar-refractivity contribution < 1.29 is 9.90 Å². The lowest BCUT2D eigenvalue weighted by molar-refractivity contribution is 0.0916. The number of aromatic nitrogens is 4. The van der Waals surface area contributed by atoms with Crippen molar-refractivity contribution in [2.75, 3.05) is 6.61 Å². The normalized spacial score (nSPS) is 11.9. The molecule has 128 valence electrons. The zero-order valence-electron chi connectivity index (χ0n) is 13.8. The minimum Gasteiger partial charge on any atom is -0.394 e. The van der Waals surface area contributed by atoms with Crippen LogP contribution in [0.1, 0.15) is 21.7 Å². The summed E-state index contributed by atoms with van der Waals surface area (Å²) in [5, 5.41) is 23.9. The van der Waals surface area contributed by atoms with Crippen LogP contribution in [0.5, 0.6) is 0 Å². The van der Waals surface area contributed by atoms with Crippen LogP contribution in [0, 0.1) is 6.92 Å². The van der Waals surface area contributed by atoms with Crippen molar-refractivity contribution >= 4 is 5.91 Å². The molecule has 1 atom stereocenters. The van der Waals surface area contributed by atoms with Gasteiger partial charge in [-0.05, 0) is 41.5 Å². The molecular weight excluding hydrogens is 318 g/mol. The van der Waals surface area contributed by atoms with Gasteiger partial charge >= 0.3 is 0 Å². The van der Waals surface area contributed by atoms with Crippen molar-refractivity contribution in [1.29, 1.82) is 0 Å². The quantitative estimate of drug-likeness (QED) is 0.707. The van der Waals surface area contributed by atoms with E-state index in [-0.39, 0.29) is 18.6 Å². The van der Waals surface area contributed by atoms with Gasteiger partial charge in [-0.25, -0.2) is 0 Å². The standard InChI is InChI=1S/C18H19N5O2/c1-13-20-21-22-23(13)17-10-6-5-9-16(17)18(25)19-15(12-24)11-14-7-3-2-4-8-14/h2-10,15,24H,11-12H2,1H3,(H,19,25). The van der Waals surface area contributed by atoms with Gasteiger partial charge in [-0.2, -0.15) is 4.68 Å². The molecule has 1 unspecified atom stereocenters. The molecule has 2 N–H and O–H groups in total. The molecule has 7 heteroatoms. The Morgan fingerprint density at radius 1 is 1.16 bits per heavy atom. The summed E-state index contributed by atoms with van der Waals surface area (Å²) >= 11 is 0. The number of hydrogen-bond acceptors (Lipinski definition) is 5. The molecule has 0 aliphatic carbocycles. The Kier molecular flexibility index (Phi) is 5.15. The predicted octanol–water partition coefficient (Wildman–Crippen LogP) is 1.30. The molecule has 3 rings (SSSR count). The van der Waals surface area contributed by atoms with E-state index < -0.39 is 0 Å². The summed E-state index contributed by atoms with van der Waals surface area (Å²) in [7, 11) is 0. The summed E-state index contributed by atoms with van der Waals surface area (Å²) in [5.74, 6) is 0.309. The third-order valence-corrected chi connectivity index (χ3v) is 3.88. The van der Waals surface area contributed by atoms with Crippen molar-refractivity contribution in [2.45, 2.75) is 19.4 Å². The highest BCUT2D eigenvalue weighted by Crippen LogP contribution is 2.15. The van der Waals surface area contributed by atoms with E-state index in [2.05, 4.69) is 20.8 Å². The molecule has 3 aromatic rings. The number of nitrogens with one attached hydrogen (secondary N) is 1. The van der Waals surface area contributed by atoms with Gasteiger partial charge in [0.05, 0.1) is 23.9 Å². The fourth-order valence-corrected chi connectivity index (χ4v) is 2.63. The number of aliphatic hydroxyl groups excluding tert-OH is 1. The summed E-state index contributed by atoms with van der Waals surface area (Å²) < 4.78 is 1.51. The number of rotatable bonds is 6. The molecule has 0 bridgehead atoms. The van der Waals surface area contributed by atoms with Crippen LogP contribution in [0.4, 0.5) is 0 Å². The average Bonchev–Trinajstić information content (AvgIpc) is 3.07. The van der Waals surface area contributed by atoms with E-state index in [4.69, 9.17) is 0 Å². The molecule has 1 aromatic heterocycles. The van der Waals surface area contributed by atoms with Gasteiger partial charge < -0.3 is 10.4 Å². The average molecular weight is 337 g/mol. The topological polar surface area (TPSA) is 92.9 Å². The Hall–Kier alpha value is -3.06. The maximum absolute atomic E-state index is 12.7. The second-order valence-electron chi connectivity index (χ2n) is 5.70. The highest BCUT2D eigenvalue weighted by atomic mass is 16.3. The second kappa shape index (κ2) is 7.67. The summed E-state index contributed by atoms with van der Waals surface area (Å²) in [4.78, 5) is 12.7. The van der Waals surface area contributed by atoms with Crippen LogP contribution >= 0.6 is 0 Å². The number of aryl methyl sites for hydroxylation is 1. The fourth-order valence-electron chi connectivity index (χ4n) is 2.63. The molecule has 1 heterocycles. The zero-order valence-corrected chi connectivity index (χ0v) is 13.8. The predicted molar refractivity (Wildman–Crippen MR) is 92.4 cm³/mol. The third-order valence-electron chi connectivity index (χ3n) is 3.88. The molecule has 7 nitrogen and oxygen atoms in total. The number of hydrogen-bond donors (Lipinski definition) is 2. The van der Waals surface area contributed by atoms with Crippen LogP contribution in [0.3, 0.4) is 0 Å². The molecule has 0 saturated heterocycles. The van der Waals surface area contributed by atoms with Gasteiger partial charge in [0, 0.05) is 0 Å². The van der Waals surface area contributed by atoms with Crippen molar-refractivity contribution in [3.8, 4) is 5.69 Å². The fraction of sp³-hybridized carbons (Fsp3) is 0.222. The maximum atomic E-state index is 12.7. The van der Waals surface area contributed by atoms with Crippen molar-refractivity contribution in [3.63, 3.8) is 0 Å². The van der Waals surface area contributed by atoms with Gasteiger partial charge in [0.2, 0.25) is 0 Å². The number of amides is 1. The smallest absolute Gasteiger partial charge is 0.253 e. The maximum Gasteiger partial charge on any atom is 0.253 e. The van der Waals surface area contributed by atoms with Crippen LogP contribution in [-0.2, 0) is 6.42 Å². The number of carbonyl (C=O) groups excluding carboxylic acids is 1. The second-order valence-corrected chi connectivity index (χ2v) is 5.70. The Labute approximate surface area is 145 Å². The summed E-state index contributed by atoms with van der Waals surface area (Å²) in [6, 6.07) is 16.4. The summed E-state index contributed by atoms with van der Waals surface area (Å²) in [6.07, 6.45) is 0.551. The molecule has 0 aliphatic rings. The minimum absolute atomic E-state index is 0.146. The number of carbonyl (C=O) groups is 1. The number of para-hydroxylation sites is 1. The van der Waals surface area contributed by atoms with Crippen LogP contribution in [0.2, 0.25) is 0 Å². The first-order valence-electron chi connectivity index (χ1n) is 7.99. The molecular formula is C18H19N5O2. The van der Waals surface area contributed by atoms with Crippen LogP contribution in [0.25, 0.3) is 5.69 Å². The lowest BCUT2D eigenvalue weighted by atomic mass is 10.1. The molecule has 0 radical (unpaired) electrons. The van der Waals surface area contributed by atoms with E-state index in [0.29, 0.717) is 23.5 Å². The number of nitrogens with zero attached hydrogens (tertiary/aromatic N) is 4. The van der Waals surface area contributed by atoms with E-state index >= 15 is 0 Å². The van der Waals surface area contributed by atoms with E-state index in [9.17, 15) is 9.90 Å². The van der Waals surface area contributed by atoms with E-state index in [1.807, 2.05) is 36.4 Å². The van der Waals surface area contributed by atoms with Gasteiger partial charge in [-0.3, -0.25) is 4.79 Å². The number of benzene rings is 2. The monoisotopic (exact) mass is 337 g/mol. The Bertz CT molecular complexity index is 847. The summed E-state index contributed by atoms with van der Waals surface area (Å²) in [5.41, 5.74) is 2.09. The van der Waals surface area contributed by atoms with Crippen molar-refractivity contribution in [2.24, 2.45) is 0 Å². The molecule has 25 heavy (non-hydrogen) atoms. The Morgan fingerprint density at radius 2 is 1.88 bits per heavy atom. The number of aliphatic hydroxyl groups is 1. The highest BCUT2D eigenvalue weighted by Gasteiger charge is 2.18. The lowest BCUT2D eigenvalue weighted by Crippen LogP contribution is -2.39. The van der Waals surface area contributed by atoms with Crippen LogP contribution < -0.4 is 5.32 Å². The largest absolute Gasteiger partial charge is 0.394 e. The Morgan fingerprint density at radius 3 is 2.56 bits per heavy atom. The van der Waals surface area contributed by atoms with Gasteiger partial charge in [0.1, 0.15) is 0 Å². The van der Waals surface area contributed by atoms with Crippen molar-refractivity contribution in [3.05, 3.63) is 71.5 Å². The van der Waals surface area contributed by atoms with E-state index in [1.165, 1.54) is 4.68 Å². The van der Waals surface area contributed by atoms with Gasteiger partial charge in [0.15, 0.2) is 5.82 Å². The third kappa shape index (κ3) is 3.89. The molecule has 0 fully saturated rings. The highest BCUT2D eigenvalue weighted by molar-refractivity contribution is 5.97. The van der Waals surface area contributed by atoms with E-state index in [0.717, 1.165) is 5.56 Å².